The Balaban J connectivity index is 1.56. The van der Waals surface area contributed by atoms with Gasteiger partial charge in [0.15, 0.2) is 0 Å². The predicted molar refractivity (Wildman–Crippen MR) is 142 cm³/mol. The van der Waals surface area contributed by atoms with Crippen LogP contribution in [0.2, 0.25) is 0 Å². The number of hydrogen-bond acceptors (Lipinski definition) is 6. The number of anilines is 1. The molecule has 1 heterocycles. The number of quaternary nitrogens is 1. The maximum atomic E-state index is 13.6. The van der Waals surface area contributed by atoms with Gasteiger partial charge in [0.25, 0.3) is 0 Å². The summed E-state index contributed by atoms with van der Waals surface area (Å²) in [6.07, 6.45) is -10.1. The number of rotatable bonds is 8. The molecule has 1 aliphatic heterocycles. The van der Waals surface area contributed by atoms with Crippen molar-refractivity contribution in [3.63, 3.8) is 0 Å². The van der Waals surface area contributed by atoms with Gasteiger partial charge in [-0.1, -0.05) is 36.4 Å². The number of piperidine rings is 1. The Kier molecular flexibility index (Phi) is 9.13. The molecule has 0 aromatic heterocycles. The van der Waals surface area contributed by atoms with Crippen LogP contribution in [0.25, 0.3) is 0 Å². The number of ether oxygens (including phenoxy) is 3. The van der Waals surface area contributed by atoms with Gasteiger partial charge in [-0.25, -0.2) is 4.79 Å². The van der Waals surface area contributed by atoms with Crippen LogP contribution >= 0.6 is 0 Å². The van der Waals surface area contributed by atoms with Gasteiger partial charge in [-0.05, 0) is 47.5 Å². The van der Waals surface area contributed by atoms with E-state index in [-0.39, 0.29) is 43.6 Å². The highest BCUT2D eigenvalue weighted by Crippen LogP contribution is 2.44. The Labute approximate surface area is 242 Å². The predicted octanol–water partition coefficient (Wildman–Crippen LogP) is 6.82. The number of carbonyl (C=O) groups excluding carboxylic acids is 1. The summed E-state index contributed by atoms with van der Waals surface area (Å²) in [5, 5.41) is 28.3. The molecule has 4 rings (SSSR count). The molecule has 14 heteroatoms. The van der Waals surface area contributed by atoms with Crippen LogP contribution in [0, 0.1) is 11.1 Å². The molecule has 8 nitrogen and oxygen atoms in total. The van der Waals surface area contributed by atoms with E-state index in [0.717, 1.165) is 24.3 Å². The van der Waals surface area contributed by atoms with Gasteiger partial charge in [0.1, 0.15) is 23.6 Å². The van der Waals surface area contributed by atoms with Crippen LogP contribution in [-0.4, -0.2) is 48.8 Å². The number of nitrogens with zero attached hydrogens (tertiary/aromatic N) is 1. The number of benzene rings is 3. The number of carbonyl (C=O) groups is 1. The summed E-state index contributed by atoms with van der Waals surface area (Å²) in [4.78, 5) is 11.4. The van der Waals surface area contributed by atoms with E-state index < -0.39 is 46.5 Å². The number of alkyl halides is 6. The van der Waals surface area contributed by atoms with Gasteiger partial charge in [0.05, 0.1) is 20.2 Å². The summed E-state index contributed by atoms with van der Waals surface area (Å²) in [7, 11) is 1.23. The second-order valence-corrected chi connectivity index (χ2v) is 10.2. The molecule has 1 saturated heterocycles. The van der Waals surface area contributed by atoms with Gasteiger partial charge in [-0.2, -0.15) is 0 Å². The molecule has 43 heavy (non-hydrogen) atoms. The molecule has 0 saturated carbocycles. The molecular formula is C29H28F6N2O6. The van der Waals surface area contributed by atoms with Gasteiger partial charge in [0, 0.05) is 30.0 Å². The number of amides is 1. The molecule has 3 aromatic rings. The molecule has 0 atom stereocenters. The maximum absolute atomic E-state index is 13.6. The van der Waals surface area contributed by atoms with Crippen molar-refractivity contribution in [2.75, 3.05) is 25.5 Å². The molecule has 0 radical (unpaired) electrons. The molecule has 0 unspecified atom stereocenters. The largest absolute Gasteiger partial charge is 0.633 e. The molecule has 1 amide bonds. The Morgan fingerprint density at radius 2 is 1.28 bits per heavy atom. The van der Waals surface area contributed by atoms with Crippen molar-refractivity contribution in [2.24, 2.45) is 5.92 Å². The number of halogens is 6. The van der Waals surface area contributed by atoms with E-state index in [1.807, 2.05) is 0 Å². The summed E-state index contributed by atoms with van der Waals surface area (Å²) >= 11 is 0. The van der Waals surface area contributed by atoms with E-state index in [4.69, 9.17) is 0 Å². The smallest absolute Gasteiger partial charge is 0.573 e. The second-order valence-electron chi connectivity index (χ2n) is 10.2. The topological polar surface area (TPSA) is 100 Å². The van der Waals surface area contributed by atoms with E-state index in [9.17, 15) is 41.5 Å². The first-order valence-corrected chi connectivity index (χ1v) is 13.0. The van der Waals surface area contributed by atoms with Crippen molar-refractivity contribution in [3.05, 3.63) is 94.7 Å². The minimum atomic E-state index is -4.93. The molecule has 1 fully saturated rings. The molecule has 1 aliphatic rings. The quantitative estimate of drug-likeness (QED) is 0.164. The average molecular weight is 615 g/mol. The first kappa shape index (κ1) is 31.9. The number of likely N-dealkylation sites (tertiary alicyclic amines) is 1. The maximum Gasteiger partial charge on any atom is 0.573 e. The van der Waals surface area contributed by atoms with Crippen LogP contribution in [-0.2, 0) is 16.9 Å². The highest BCUT2D eigenvalue weighted by atomic mass is 19.4. The van der Waals surface area contributed by atoms with E-state index in [0.29, 0.717) is 11.3 Å². The van der Waals surface area contributed by atoms with Crippen LogP contribution in [0.3, 0.4) is 0 Å². The zero-order valence-corrected chi connectivity index (χ0v) is 22.7. The monoisotopic (exact) mass is 614 g/mol. The molecular weight excluding hydrogens is 586 g/mol. The number of methoxy groups -OCH3 is 1. The van der Waals surface area contributed by atoms with Gasteiger partial charge >= 0.3 is 18.8 Å². The fourth-order valence-corrected chi connectivity index (χ4v) is 5.27. The summed E-state index contributed by atoms with van der Waals surface area (Å²) in [6, 6.07) is 15.8. The number of hydrogen-bond donors (Lipinski definition) is 2. The van der Waals surface area contributed by atoms with Gasteiger partial charge in [-0.15, -0.1) is 26.3 Å². The molecule has 2 N–H and O–H groups in total. The molecule has 0 aliphatic carbocycles. The molecule has 0 spiro atoms. The average Bonchev–Trinajstić information content (AvgIpc) is 2.93. The van der Waals surface area contributed by atoms with Gasteiger partial charge < -0.3 is 29.2 Å². The van der Waals surface area contributed by atoms with Crippen LogP contribution in [0.5, 0.6) is 11.5 Å². The summed E-state index contributed by atoms with van der Waals surface area (Å²) in [5.41, 5.74) is -0.318. The number of aliphatic hydroxyl groups is 1. The van der Waals surface area contributed by atoms with Crippen molar-refractivity contribution < 1.29 is 55.1 Å². The summed E-state index contributed by atoms with van der Waals surface area (Å²) in [5.74, 6) is -1.64. The minimum absolute atomic E-state index is 0.0830. The first-order chi connectivity index (χ1) is 20.1. The fraction of sp³-hybridized carbons (Fsp3) is 0.345. The van der Waals surface area contributed by atoms with Crippen LogP contribution in [0.15, 0.2) is 72.8 Å². The highest BCUT2D eigenvalue weighted by Gasteiger charge is 2.44. The molecule has 3 aromatic carbocycles. The van der Waals surface area contributed by atoms with Crippen molar-refractivity contribution in [3.8, 4) is 11.5 Å². The van der Waals surface area contributed by atoms with E-state index >= 15 is 0 Å². The third-order valence-electron chi connectivity index (χ3n) is 7.27. The number of nitrogens with one attached hydrogen (secondary N) is 1. The Morgan fingerprint density at radius 3 is 1.67 bits per heavy atom. The van der Waals surface area contributed by atoms with Crippen molar-refractivity contribution in [1.29, 1.82) is 0 Å². The van der Waals surface area contributed by atoms with E-state index in [2.05, 4.69) is 19.5 Å². The molecule has 232 valence electrons. The summed E-state index contributed by atoms with van der Waals surface area (Å²) in [6.45, 7) is 0.274. The zero-order chi connectivity index (χ0) is 31.5. The third kappa shape index (κ3) is 8.30. The fourth-order valence-electron chi connectivity index (χ4n) is 5.27. The lowest BCUT2D eigenvalue weighted by molar-refractivity contribution is -0.900. The first-order valence-electron chi connectivity index (χ1n) is 13.0. The lowest BCUT2D eigenvalue weighted by atomic mass is 9.72. The SMILES string of the molecule is COC(=O)Nc1ccc(C[N+]2([O-])CCC(C(O)(c3ccc(OC(F)(F)F)cc3)c3ccc(OC(F)(F)F)cc3)CC2)cc1. The molecule has 0 bridgehead atoms. The Hall–Kier alpha value is -4.01. The third-order valence-corrected chi connectivity index (χ3v) is 7.27. The van der Waals surface area contributed by atoms with E-state index in [1.165, 1.54) is 31.4 Å². The minimum Gasteiger partial charge on any atom is -0.633 e. The van der Waals surface area contributed by atoms with Crippen molar-refractivity contribution in [1.82, 2.24) is 0 Å². The van der Waals surface area contributed by atoms with Crippen LogP contribution < -0.4 is 14.8 Å². The van der Waals surface area contributed by atoms with Crippen LogP contribution in [0.1, 0.15) is 29.5 Å². The standard InChI is InChI=1S/C29H28F6N2O6/c1-41-26(38)36-23-8-2-19(3-9-23)18-37(40)16-14-22(15-17-37)27(39,20-4-10-24(11-5-20)42-28(30,31)32)21-6-12-25(13-7-21)43-29(33,34)35/h2-13,22,39H,14-18H2,1H3,(H,36,38). The zero-order valence-electron chi connectivity index (χ0n) is 22.7. The summed E-state index contributed by atoms with van der Waals surface area (Å²) < 4.78 is 87.9. The number of hydroxylamine groups is 3. The Morgan fingerprint density at radius 1 is 0.837 bits per heavy atom. The Bertz CT molecular complexity index is 1310. The lowest BCUT2D eigenvalue weighted by Crippen LogP contribution is -2.51. The highest BCUT2D eigenvalue weighted by molar-refractivity contribution is 5.84. The van der Waals surface area contributed by atoms with Gasteiger partial charge in [0.2, 0.25) is 0 Å². The second kappa shape index (κ2) is 12.3. The van der Waals surface area contributed by atoms with Gasteiger partial charge in [-0.3, -0.25) is 5.32 Å². The van der Waals surface area contributed by atoms with Crippen molar-refractivity contribution >= 4 is 11.8 Å². The normalized spacial score (nSPS) is 19.4. The lowest BCUT2D eigenvalue weighted by Gasteiger charge is -2.50. The van der Waals surface area contributed by atoms with E-state index in [1.54, 1.807) is 24.3 Å². The van der Waals surface area contributed by atoms with Crippen LogP contribution in [0.4, 0.5) is 36.8 Å². The van der Waals surface area contributed by atoms with Crippen molar-refractivity contribution in [2.45, 2.75) is 37.7 Å².